The number of hydrogen-bond acceptors (Lipinski definition) is 1. The van der Waals surface area contributed by atoms with E-state index in [1.165, 1.54) is 11.1 Å². The Morgan fingerprint density at radius 2 is 1.45 bits per heavy atom. The minimum atomic E-state index is 0.00846. The summed E-state index contributed by atoms with van der Waals surface area (Å²) in [5, 5.41) is 10.4. The van der Waals surface area contributed by atoms with Crippen LogP contribution in [0.25, 0.3) is 11.1 Å². The molecule has 0 aliphatic rings. The normalized spacial score (nSPS) is 12.5. The molecule has 0 aliphatic carbocycles. The van der Waals surface area contributed by atoms with Crippen LogP contribution in [0.4, 0.5) is 0 Å². The smallest absolute Gasteiger partial charge is 0.117 e. The summed E-state index contributed by atoms with van der Waals surface area (Å²) in [6.45, 7) is 13.3. The van der Waals surface area contributed by atoms with Crippen LogP contribution in [-0.4, -0.2) is 5.11 Å². The van der Waals surface area contributed by atoms with Gasteiger partial charge in [-0.2, -0.15) is 0 Å². The van der Waals surface area contributed by atoms with E-state index in [1.54, 1.807) is 12.1 Å². The van der Waals surface area contributed by atoms with Crippen LogP contribution in [-0.2, 0) is 10.8 Å². The van der Waals surface area contributed by atoms with E-state index in [9.17, 15) is 5.11 Å². The predicted molar refractivity (Wildman–Crippen MR) is 96.0 cm³/mol. The SMILES string of the molecule is CC(C)(C)c1ccc(-c2cc(O)cc(Cl)c2)c(C(C)(C)C)c1. The molecule has 0 saturated carbocycles. The third-order valence-electron chi connectivity index (χ3n) is 3.89. The maximum atomic E-state index is 9.85. The number of benzene rings is 2. The van der Waals surface area contributed by atoms with Gasteiger partial charge in [0.1, 0.15) is 5.75 Å². The molecule has 1 N–H and O–H groups in total. The first kappa shape index (κ1) is 16.9. The molecule has 0 unspecified atom stereocenters. The highest BCUT2D eigenvalue weighted by Gasteiger charge is 2.23. The standard InChI is InChI=1S/C20H25ClO/c1-19(2,3)14-7-8-17(18(11-14)20(4,5)6)13-9-15(21)12-16(22)10-13/h7-12,22H,1-6H3. The summed E-state index contributed by atoms with van der Waals surface area (Å²) in [5.41, 5.74) is 4.77. The fraction of sp³-hybridized carbons (Fsp3) is 0.400. The molecule has 22 heavy (non-hydrogen) atoms. The van der Waals surface area contributed by atoms with E-state index in [4.69, 9.17) is 11.6 Å². The number of rotatable bonds is 1. The lowest BCUT2D eigenvalue weighted by atomic mass is 9.77. The van der Waals surface area contributed by atoms with Gasteiger partial charge in [-0.05, 0) is 51.3 Å². The fourth-order valence-electron chi connectivity index (χ4n) is 2.61. The Labute approximate surface area is 139 Å². The zero-order valence-electron chi connectivity index (χ0n) is 14.3. The largest absolute Gasteiger partial charge is 0.508 e. The lowest BCUT2D eigenvalue weighted by Gasteiger charge is -2.27. The molecular formula is C20H25ClO. The summed E-state index contributed by atoms with van der Waals surface area (Å²) in [5.74, 6) is 0.197. The van der Waals surface area contributed by atoms with Gasteiger partial charge in [-0.3, -0.25) is 0 Å². The van der Waals surface area contributed by atoms with E-state index in [2.05, 4.69) is 59.7 Å². The first-order chi connectivity index (χ1) is 9.98. The van der Waals surface area contributed by atoms with Crippen molar-refractivity contribution in [1.82, 2.24) is 0 Å². The maximum absolute atomic E-state index is 9.85. The van der Waals surface area contributed by atoms with E-state index in [0.717, 1.165) is 11.1 Å². The molecule has 2 aromatic rings. The lowest BCUT2D eigenvalue weighted by molar-refractivity contribution is 0.475. The van der Waals surface area contributed by atoms with Crippen molar-refractivity contribution in [2.75, 3.05) is 0 Å². The predicted octanol–water partition coefficient (Wildman–Crippen LogP) is 6.31. The van der Waals surface area contributed by atoms with E-state index in [1.807, 2.05) is 6.07 Å². The fourth-order valence-corrected chi connectivity index (χ4v) is 2.84. The highest BCUT2D eigenvalue weighted by Crippen LogP contribution is 2.38. The van der Waals surface area contributed by atoms with Crippen molar-refractivity contribution in [2.24, 2.45) is 0 Å². The van der Waals surface area contributed by atoms with Gasteiger partial charge in [0, 0.05) is 5.02 Å². The average Bonchev–Trinajstić information content (AvgIpc) is 2.34. The molecule has 0 heterocycles. The van der Waals surface area contributed by atoms with Crippen molar-refractivity contribution in [2.45, 2.75) is 52.4 Å². The monoisotopic (exact) mass is 316 g/mol. The first-order valence-electron chi connectivity index (χ1n) is 7.63. The molecular weight excluding hydrogens is 292 g/mol. The van der Waals surface area contributed by atoms with Gasteiger partial charge >= 0.3 is 0 Å². The second-order valence-electron chi connectivity index (χ2n) is 7.96. The summed E-state index contributed by atoms with van der Waals surface area (Å²) < 4.78 is 0. The van der Waals surface area contributed by atoms with Gasteiger partial charge in [0.05, 0.1) is 0 Å². The van der Waals surface area contributed by atoms with Crippen LogP contribution in [0.5, 0.6) is 5.75 Å². The van der Waals surface area contributed by atoms with E-state index >= 15 is 0 Å². The van der Waals surface area contributed by atoms with Gasteiger partial charge in [-0.1, -0.05) is 71.3 Å². The molecule has 1 nitrogen and oxygen atoms in total. The third kappa shape index (κ3) is 3.64. The molecule has 0 fully saturated rings. The van der Waals surface area contributed by atoms with Crippen LogP contribution in [0.1, 0.15) is 52.7 Å². The topological polar surface area (TPSA) is 20.2 Å². The van der Waals surface area contributed by atoms with Gasteiger partial charge in [0.15, 0.2) is 0 Å². The van der Waals surface area contributed by atoms with Gasteiger partial charge < -0.3 is 5.11 Å². The first-order valence-corrected chi connectivity index (χ1v) is 8.01. The molecule has 2 heteroatoms. The summed E-state index contributed by atoms with van der Waals surface area (Å²) >= 11 is 6.11. The van der Waals surface area contributed by atoms with Crippen molar-refractivity contribution >= 4 is 11.6 Å². The Kier molecular flexibility index (Phi) is 4.32. The van der Waals surface area contributed by atoms with Crippen molar-refractivity contribution in [3.8, 4) is 16.9 Å². The molecule has 0 radical (unpaired) electrons. The number of aromatic hydroxyl groups is 1. The second-order valence-corrected chi connectivity index (χ2v) is 8.39. The Bertz CT molecular complexity index is 668. The van der Waals surface area contributed by atoms with Gasteiger partial charge in [0.2, 0.25) is 0 Å². The van der Waals surface area contributed by atoms with Crippen LogP contribution in [0.15, 0.2) is 36.4 Å². The van der Waals surface area contributed by atoms with Crippen LogP contribution in [0, 0.1) is 0 Å². The van der Waals surface area contributed by atoms with Crippen molar-refractivity contribution in [3.05, 3.63) is 52.5 Å². The van der Waals surface area contributed by atoms with Crippen LogP contribution in [0.3, 0.4) is 0 Å². The zero-order chi connectivity index (χ0) is 16.7. The van der Waals surface area contributed by atoms with Crippen molar-refractivity contribution in [1.29, 1.82) is 0 Å². The van der Waals surface area contributed by atoms with Crippen LogP contribution in [0.2, 0.25) is 5.02 Å². The lowest BCUT2D eigenvalue weighted by Crippen LogP contribution is -2.17. The minimum Gasteiger partial charge on any atom is -0.508 e. The molecule has 0 aromatic heterocycles. The van der Waals surface area contributed by atoms with E-state index in [-0.39, 0.29) is 16.6 Å². The number of halogens is 1. The summed E-state index contributed by atoms with van der Waals surface area (Å²) in [4.78, 5) is 0. The summed E-state index contributed by atoms with van der Waals surface area (Å²) in [7, 11) is 0. The zero-order valence-corrected chi connectivity index (χ0v) is 15.0. The summed E-state index contributed by atoms with van der Waals surface area (Å²) in [6.07, 6.45) is 0. The number of hydrogen-bond donors (Lipinski definition) is 1. The Hall–Kier alpha value is -1.47. The molecule has 118 valence electrons. The van der Waals surface area contributed by atoms with Gasteiger partial charge in [-0.15, -0.1) is 0 Å². The molecule has 2 aromatic carbocycles. The van der Waals surface area contributed by atoms with Gasteiger partial charge in [-0.25, -0.2) is 0 Å². The molecule has 0 amide bonds. The Morgan fingerprint density at radius 3 is 1.95 bits per heavy atom. The second kappa shape index (κ2) is 5.62. The molecule has 0 atom stereocenters. The Balaban J connectivity index is 2.70. The molecule has 0 saturated heterocycles. The van der Waals surface area contributed by atoms with Crippen molar-refractivity contribution < 1.29 is 5.11 Å². The molecule has 0 aliphatic heterocycles. The van der Waals surface area contributed by atoms with Crippen LogP contribution >= 0.6 is 11.6 Å². The maximum Gasteiger partial charge on any atom is 0.117 e. The third-order valence-corrected chi connectivity index (χ3v) is 4.11. The summed E-state index contributed by atoms with van der Waals surface area (Å²) in [6, 6.07) is 11.8. The number of phenolic OH excluding ortho intramolecular Hbond substituents is 1. The number of phenols is 1. The Morgan fingerprint density at radius 1 is 0.818 bits per heavy atom. The van der Waals surface area contributed by atoms with E-state index in [0.29, 0.717) is 5.02 Å². The van der Waals surface area contributed by atoms with Crippen molar-refractivity contribution in [3.63, 3.8) is 0 Å². The molecule has 0 bridgehead atoms. The highest BCUT2D eigenvalue weighted by atomic mass is 35.5. The van der Waals surface area contributed by atoms with Gasteiger partial charge in [0.25, 0.3) is 0 Å². The van der Waals surface area contributed by atoms with E-state index < -0.39 is 0 Å². The van der Waals surface area contributed by atoms with Crippen LogP contribution < -0.4 is 0 Å². The molecule has 0 spiro atoms. The quantitative estimate of drug-likeness (QED) is 0.653. The minimum absolute atomic E-state index is 0.00846. The molecule has 2 rings (SSSR count). The highest BCUT2D eigenvalue weighted by molar-refractivity contribution is 6.31. The average molecular weight is 317 g/mol.